The summed E-state index contributed by atoms with van der Waals surface area (Å²) in [6.45, 7) is 4.04. The zero-order valence-corrected chi connectivity index (χ0v) is 18.7. The Balaban J connectivity index is 1.44. The number of piperidine rings is 1. The van der Waals surface area contributed by atoms with Gasteiger partial charge in [0.15, 0.2) is 17.3 Å². The molecule has 174 valence electrons. The largest absolute Gasteiger partial charge is 0.378 e. The van der Waals surface area contributed by atoms with Gasteiger partial charge in [-0.05, 0) is 49.8 Å². The minimum atomic E-state index is -2.78. The van der Waals surface area contributed by atoms with Gasteiger partial charge in [0.1, 0.15) is 5.69 Å². The van der Waals surface area contributed by atoms with E-state index in [9.17, 15) is 8.78 Å². The molecule has 1 spiro atoms. The molecule has 8 nitrogen and oxygen atoms in total. The van der Waals surface area contributed by atoms with Crippen LogP contribution in [0.25, 0.3) is 10.9 Å². The van der Waals surface area contributed by atoms with Crippen molar-refractivity contribution in [3.05, 3.63) is 35.8 Å². The van der Waals surface area contributed by atoms with E-state index in [-0.39, 0.29) is 34.5 Å². The fraction of sp³-hybridized carbons (Fsp3) is 0.478. The highest BCUT2D eigenvalue weighted by molar-refractivity contribution is 5.87. The van der Waals surface area contributed by atoms with Gasteiger partial charge in [-0.15, -0.1) is 0 Å². The molecule has 33 heavy (non-hydrogen) atoms. The van der Waals surface area contributed by atoms with Gasteiger partial charge in [0, 0.05) is 37.4 Å². The lowest BCUT2D eigenvalue weighted by Crippen LogP contribution is -2.41. The van der Waals surface area contributed by atoms with E-state index in [1.807, 2.05) is 30.1 Å². The summed E-state index contributed by atoms with van der Waals surface area (Å²) in [5, 5.41) is 16.1. The lowest BCUT2D eigenvalue weighted by atomic mass is 9.77. The van der Waals surface area contributed by atoms with Gasteiger partial charge in [0.2, 0.25) is 0 Å². The molecule has 1 atom stereocenters. The zero-order chi connectivity index (χ0) is 23.2. The van der Waals surface area contributed by atoms with Crippen LogP contribution in [0.2, 0.25) is 0 Å². The number of hydrogen-bond acceptors (Lipinski definition) is 7. The Morgan fingerprint density at radius 1 is 1.27 bits per heavy atom. The number of alkyl halides is 2. The number of nitrogens with one attached hydrogen (secondary N) is 2. The molecule has 0 bridgehead atoms. The van der Waals surface area contributed by atoms with Crippen molar-refractivity contribution in [1.82, 2.24) is 19.7 Å². The number of aromatic nitrogens is 4. The summed E-state index contributed by atoms with van der Waals surface area (Å²) in [7, 11) is 1.83. The standard InChI is InChI=1S/C23H27F2N7O/c1-14-10-23(13-33-14)5-7-32(8-6-23)22-19(20(24)25)30-21(17(11-26)29-22)28-16-4-3-15-12-27-31(2)18(15)9-16/h3-4,9,11-12,14,20,26H,5-8,10,13H2,1-2H3,(H,28,30)/t14-/m0/s1. The first-order valence-electron chi connectivity index (χ1n) is 11.1. The molecular formula is C23H27F2N7O. The van der Waals surface area contributed by atoms with Crippen LogP contribution in [-0.2, 0) is 11.8 Å². The van der Waals surface area contributed by atoms with Crippen LogP contribution in [0.1, 0.15) is 44.0 Å². The van der Waals surface area contributed by atoms with E-state index >= 15 is 0 Å². The molecule has 2 aliphatic heterocycles. The Bertz CT molecular complexity index is 1190. The number of fused-ring (bicyclic) bond motifs is 1. The molecule has 2 aromatic heterocycles. The second-order valence-corrected chi connectivity index (χ2v) is 9.09. The maximum absolute atomic E-state index is 14.1. The highest BCUT2D eigenvalue weighted by atomic mass is 19.3. The molecule has 0 radical (unpaired) electrons. The number of halogens is 2. The lowest BCUT2D eigenvalue weighted by molar-refractivity contribution is 0.0973. The fourth-order valence-corrected chi connectivity index (χ4v) is 4.97. The first kappa shape index (κ1) is 21.7. The number of rotatable bonds is 5. The third-order valence-electron chi connectivity index (χ3n) is 6.80. The minimum absolute atomic E-state index is 0.130. The Morgan fingerprint density at radius 2 is 2.06 bits per heavy atom. The van der Waals surface area contributed by atoms with Gasteiger partial charge in [-0.2, -0.15) is 5.10 Å². The normalized spacial score (nSPS) is 20.2. The molecule has 10 heteroatoms. The quantitative estimate of drug-likeness (QED) is 0.553. The van der Waals surface area contributed by atoms with Crippen LogP contribution in [-0.4, -0.2) is 51.8 Å². The summed E-state index contributed by atoms with van der Waals surface area (Å²) in [6, 6.07) is 5.58. The van der Waals surface area contributed by atoms with Crippen LogP contribution in [0.4, 0.5) is 26.1 Å². The van der Waals surface area contributed by atoms with E-state index in [2.05, 4.69) is 27.3 Å². The number of nitrogens with zero attached hydrogens (tertiary/aromatic N) is 5. The molecule has 3 aromatic rings. The minimum Gasteiger partial charge on any atom is -0.378 e. The number of aryl methyl sites for hydroxylation is 1. The average molecular weight is 456 g/mol. The average Bonchev–Trinajstić information content (AvgIpc) is 3.36. The van der Waals surface area contributed by atoms with Crippen LogP contribution < -0.4 is 10.2 Å². The van der Waals surface area contributed by atoms with Gasteiger partial charge in [0.05, 0.1) is 24.4 Å². The zero-order valence-electron chi connectivity index (χ0n) is 18.7. The van der Waals surface area contributed by atoms with Gasteiger partial charge in [0.25, 0.3) is 6.43 Å². The number of ether oxygens (including phenoxy) is 1. The molecule has 1 aromatic carbocycles. The van der Waals surface area contributed by atoms with Crippen LogP contribution in [0.3, 0.4) is 0 Å². The van der Waals surface area contributed by atoms with E-state index in [0.29, 0.717) is 18.8 Å². The van der Waals surface area contributed by atoms with E-state index < -0.39 is 6.43 Å². The summed E-state index contributed by atoms with van der Waals surface area (Å²) >= 11 is 0. The van der Waals surface area contributed by atoms with Gasteiger partial charge in [-0.1, -0.05) is 0 Å². The molecule has 5 rings (SSSR count). The predicted octanol–water partition coefficient (Wildman–Crippen LogP) is 4.44. The maximum Gasteiger partial charge on any atom is 0.284 e. The van der Waals surface area contributed by atoms with Crippen LogP contribution >= 0.6 is 0 Å². The highest BCUT2D eigenvalue weighted by Gasteiger charge is 2.41. The molecule has 4 heterocycles. The Hall–Kier alpha value is -3.14. The van der Waals surface area contributed by atoms with Crippen molar-refractivity contribution in [3.8, 4) is 0 Å². The molecule has 2 fully saturated rings. The number of benzene rings is 1. The maximum atomic E-state index is 14.1. The second kappa shape index (κ2) is 8.33. The molecule has 0 amide bonds. The van der Waals surface area contributed by atoms with Crippen molar-refractivity contribution >= 4 is 34.4 Å². The summed E-state index contributed by atoms with van der Waals surface area (Å²) < 4.78 is 35.6. The lowest BCUT2D eigenvalue weighted by Gasteiger charge is -2.39. The van der Waals surface area contributed by atoms with Crippen molar-refractivity contribution in [2.45, 2.75) is 38.7 Å². The van der Waals surface area contributed by atoms with Gasteiger partial charge in [-0.25, -0.2) is 18.7 Å². The third-order valence-corrected chi connectivity index (χ3v) is 6.80. The van der Waals surface area contributed by atoms with Gasteiger partial charge < -0.3 is 20.4 Å². The predicted molar refractivity (Wildman–Crippen MR) is 123 cm³/mol. The summed E-state index contributed by atoms with van der Waals surface area (Å²) in [5.74, 6) is 0.301. The highest BCUT2D eigenvalue weighted by Crippen LogP contribution is 2.43. The monoisotopic (exact) mass is 455 g/mol. The number of anilines is 3. The van der Waals surface area contributed by atoms with Crippen molar-refractivity contribution in [2.75, 3.05) is 29.9 Å². The van der Waals surface area contributed by atoms with Gasteiger partial charge >= 0.3 is 0 Å². The van der Waals surface area contributed by atoms with Gasteiger partial charge in [-0.3, -0.25) is 4.68 Å². The first-order valence-corrected chi connectivity index (χ1v) is 11.1. The smallest absolute Gasteiger partial charge is 0.284 e. The topological polar surface area (TPSA) is 92.0 Å². The molecule has 2 N–H and O–H groups in total. The molecule has 0 saturated carbocycles. The van der Waals surface area contributed by atoms with Crippen LogP contribution in [0, 0.1) is 10.8 Å². The third kappa shape index (κ3) is 4.03. The first-order chi connectivity index (χ1) is 15.9. The van der Waals surface area contributed by atoms with Crippen LogP contribution in [0.5, 0.6) is 0 Å². The van der Waals surface area contributed by atoms with E-state index in [0.717, 1.165) is 43.0 Å². The van der Waals surface area contributed by atoms with E-state index in [1.54, 1.807) is 10.9 Å². The van der Waals surface area contributed by atoms with Crippen molar-refractivity contribution in [2.24, 2.45) is 12.5 Å². The molecule has 2 saturated heterocycles. The van der Waals surface area contributed by atoms with Crippen molar-refractivity contribution < 1.29 is 13.5 Å². The Kier molecular flexibility index (Phi) is 5.48. The molecule has 2 aliphatic rings. The molecule has 0 unspecified atom stereocenters. The van der Waals surface area contributed by atoms with E-state index in [4.69, 9.17) is 10.1 Å². The Labute approximate surface area is 190 Å². The fourth-order valence-electron chi connectivity index (χ4n) is 4.97. The molecular weight excluding hydrogens is 428 g/mol. The molecule has 0 aliphatic carbocycles. The second-order valence-electron chi connectivity index (χ2n) is 9.09. The van der Waals surface area contributed by atoms with Crippen molar-refractivity contribution in [1.29, 1.82) is 5.41 Å². The van der Waals surface area contributed by atoms with E-state index in [1.165, 1.54) is 0 Å². The number of hydrogen-bond donors (Lipinski definition) is 2. The summed E-state index contributed by atoms with van der Waals surface area (Å²) in [6.07, 6.45) is 3.01. The van der Waals surface area contributed by atoms with Crippen LogP contribution in [0.15, 0.2) is 24.4 Å². The van der Waals surface area contributed by atoms with Crippen molar-refractivity contribution in [3.63, 3.8) is 0 Å². The Morgan fingerprint density at radius 3 is 2.73 bits per heavy atom. The summed E-state index contributed by atoms with van der Waals surface area (Å²) in [4.78, 5) is 10.6. The SMILES string of the molecule is C[C@H]1CC2(CCN(c3nc(C=N)c(Nc4ccc5cnn(C)c5c4)nc3C(F)F)CC2)CO1. The summed E-state index contributed by atoms with van der Waals surface area (Å²) in [5.41, 5.74) is 1.54.